The van der Waals surface area contributed by atoms with Crippen molar-refractivity contribution in [3.63, 3.8) is 0 Å². The molecule has 0 amide bonds. The SMILES string of the molecule is Cc1cc(S(=O)(=O)NCCOc2ccc(C(F)(F)F)cc2)cc(C(=O)O)c1C. The van der Waals surface area contributed by atoms with E-state index in [4.69, 9.17) is 4.74 Å². The van der Waals surface area contributed by atoms with Crippen LogP contribution in [-0.2, 0) is 16.2 Å². The highest BCUT2D eigenvalue weighted by molar-refractivity contribution is 7.89. The van der Waals surface area contributed by atoms with E-state index in [9.17, 15) is 31.5 Å². The number of halogens is 3. The van der Waals surface area contributed by atoms with Crippen LogP contribution >= 0.6 is 0 Å². The summed E-state index contributed by atoms with van der Waals surface area (Å²) in [6.45, 7) is 2.91. The largest absolute Gasteiger partial charge is 0.492 e. The van der Waals surface area contributed by atoms with E-state index < -0.39 is 27.7 Å². The van der Waals surface area contributed by atoms with Gasteiger partial charge in [0.15, 0.2) is 0 Å². The van der Waals surface area contributed by atoms with Crippen molar-refractivity contribution in [3.8, 4) is 5.75 Å². The molecule has 6 nitrogen and oxygen atoms in total. The number of aryl methyl sites for hydroxylation is 1. The Labute approximate surface area is 160 Å². The fraction of sp³-hybridized carbons (Fsp3) is 0.278. The van der Waals surface area contributed by atoms with Gasteiger partial charge in [0.05, 0.1) is 16.0 Å². The molecule has 2 N–H and O–H groups in total. The van der Waals surface area contributed by atoms with Gasteiger partial charge in [-0.15, -0.1) is 0 Å². The van der Waals surface area contributed by atoms with Crippen LogP contribution in [0.4, 0.5) is 13.2 Å². The molecule has 0 heterocycles. The lowest BCUT2D eigenvalue weighted by Gasteiger charge is -2.12. The first-order valence-electron chi connectivity index (χ1n) is 8.06. The van der Waals surface area contributed by atoms with Gasteiger partial charge < -0.3 is 9.84 Å². The highest BCUT2D eigenvalue weighted by Gasteiger charge is 2.30. The second-order valence-corrected chi connectivity index (χ2v) is 7.75. The number of benzene rings is 2. The van der Waals surface area contributed by atoms with E-state index in [-0.39, 0.29) is 29.4 Å². The van der Waals surface area contributed by atoms with E-state index in [1.165, 1.54) is 6.07 Å². The molecule has 2 aromatic rings. The highest BCUT2D eigenvalue weighted by atomic mass is 32.2. The van der Waals surface area contributed by atoms with Gasteiger partial charge in [-0.1, -0.05) is 0 Å². The summed E-state index contributed by atoms with van der Waals surface area (Å²) in [5.74, 6) is -1.07. The molecule has 0 saturated carbocycles. The molecule has 0 aliphatic heterocycles. The second-order valence-electron chi connectivity index (χ2n) is 5.99. The van der Waals surface area contributed by atoms with Gasteiger partial charge in [0.2, 0.25) is 10.0 Å². The number of carboxylic acid groups (broad SMARTS) is 1. The van der Waals surface area contributed by atoms with Gasteiger partial charge in [-0.2, -0.15) is 13.2 Å². The lowest BCUT2D eigenvalue weighted by Crippen LogP contribution is -2.28. The standard InChI is InChI=1S/C18H18F3NO5S/c1-11-9-15(10-16(12(11)2)17(23)24)28(25,26)22-7-8-27-14-5-3-13(4-6-14)18(19,20)21/h3-6,9-10,22H,7-8H2,1-2H3,(H,23,24). The van der Waals surface area contributed by atoms with E-state index in [1.54, 1.807) is 13.8 Å². The maximum absolute atomic E-state index is 12.5. The van der Waals surface area contributed by atoms with E-state index in [0.29, 0.717) is 11.1 Å². The third-order valence-corrected chi connectivity index (χ3v) is 5.47. The number of sulfonamides is 1. The predicted molar refractivity (Wildman–Crippen MR) is 95.0 cm³/mol. The topological polar surface area (TPSA) is 92.7 Å². The summed E-state index contributed by atoms with van der Waals surface area (Å²) in [4.78, 5) is 11.1. The monoisotopic (exact) mass is 417 g/mol. The van der Waals surface area contributed by atoms with Gasteiger partial charge in [0.25, 0.3) is 0 Å². The summed E-state index contributed by atoms with van der Waals surface area (Å²) in [6.07, 6.45) is -4.45. The third kappa shape index (κ3) is 5.23. The first-order valence-corrected chi connectivity index (χ1v) is 9.54. The summed E-state index contributed by atoms with van der Waals surface area (Å²) in [6, 6.07) is 6.44. The van der Waals surface area contributed by atoms with E-state index in [1.807, 2.05) is 0 Å². The summed E-state index contributed by atoms with van der Waals surface area (Å²) < 4.78 is 69.7. The Hall–Kier alpha value is -2.59. The van der Waals surface area contributed by atoms with E-state index in [2.05, 4.69) is 4.72 Å². The van der Waals surface area contributed by atoms with Crippen LogP contribution in [0.1, 0.15) is 27.0 Å². The Morgan fingerprint density at radius 3 is 2.29 bits per heavy atom. The average molecular weight is 417 g/mol. The Kier molecular flexibility index (Phi) is 6.35. The second kappa shape index (κ2) is 8.19. The molecule has 0 aromatic heterocycles. The lowest BCUT2D eigenvalue weighted by molar-refractivity contribution is -0.137. The Balaban J connectivity index is 2.00. The number of alkyl halides is 3. The molecule has 2 rings (SSSR count). The van der Waals surface area contributed by atoms with Crippen LogP contribution in [0.2, 0.25) is 0 Å². The molecule has 0 unspecified atom stereocenters. The number of hydrogen-bond acceptors (Lipinski definition) is 4. The number of rotatable bonds is 7. The van der Waals surface area contributed by atoms with Gasteiger partial charge in [0.1, 0.15) is 12.4 Å². The molecule has 0 atom stereocenters. The summed E-state index contributed by atoms with van der Waals surface area (Å²) in [7, 11) is -3.98. The zero-order valence-electron chi connectivity index (χ0n) is 15.0. The van der Waals surface area contributed by atoms with Crippen LogP contribution in [0.5, 0.6) is 5.75 Å². The van der Waals surface area contributed by atoms with Crippen molar-refractivity contribution < 1.29 is 36.2 Å². The number of hydrogen-bond donors (Lipinski definition) is 2. The summed E-state index contributed by atoms with van der Waals surface area (Å²) in [5.41, 5.74) is 0.0595. The van der Waals surface area contributed by atoms with Crippen LogP contribution in [0.15, 0.2) is 41.3 Å². The van der Waals surface area contributed by atoms with Crippen LogP contribution in [0, 0.1) is 13.8 Å². The molecule has 0 aliphatic carbocycles. The normalized spacial score (nSPS) is 12.0. The van der Waals surface area contributed by atoms with Crippen molar-refractivity contribution in [3.05, 3.63) is 58.7 Å². The van der Waals surface area contributed by atoms with Crippen LogP contribution in [0.25, 0.3) is 0 Å². The summed E-state index contributed by atoms with van der Waals surface area (Å²) in [5, 5.41) is 9.18. The molecule has 10 heteroatoms. The average Bonchev–Trinajstić information content (AvgIpc) is 2.60. The fourth-order valence-electron chi connectivity index (χ4n) is 2.37. The van der Waals surface area contributed by atoms with Gasteiger partial charge in [-0.25, -0.2) is 17.9 Å². The minimum atomic E-state index is -4.45. The number of carboxylic acids is 1. The molecule has 28 heavy (non-hydrogen) atoms. The lowest BCUT2D eigenvalue weighted by atomic mass is 10.0. The molecule has 0 spiro atoms. The number of aromatic carboxylic acids is 1. The minimum Gasteiger partial charge on any atom is -0.492 e. The molecule has 0 radical (unpaired) electrons. The van der Waals surface area contributed by atoms with E-state index >= 15 is 0 Å². The maximum Gasteiger partial charge on any atom is 0.416 e. The first kappa shape index (κ1) is 21.7. The Bertz CT molecular complexity index is 970. The third-order valence-electron chi connectivity index (χ3n) is 4.03. The molecular formula is C18H18F3NO5S. The van der Waals surface area contributed by atoms with Crippen LogP contribution in [-0.4, -0.2) is 32.6 Å². The quantitative estimate of drug-likeness (QED) is 0.674. The van der Waals surface area contributed by atoms with Crippen molar-refractivity contribution >= 4 is 16.0 Å². The highest BCUT2D eigenvalue weighted by Crippen LogP contribution is 2.30. The van der Waals surface area contributed by atoms with Gasteiger partial charge in [-0.3, -0.25) is 0 Å². The number of ether oxygens (including phenoxy) is 1. The van der Waals surface area contributed by atoms with Crippen molar-refractivity contribution in [2.75, 3.05) is 13.2 Å². The molecule has 0 saturated heterocycles. The zero-order valence-corrected chi connectivity index (χ0v) is 15.8. The molecule has 0 fully saturated rings. The maximum atomic E-state index is 12.5. The molecule has 152 valence electrons. The first-order chi connectivity index (χ1) is 12.9. The van der Waals surface area contributed by atoms with E-state index in [0.717, 1.165) is 30.3 Å². The smallest absolute Gasteiger partial charge is 0.416 e. The zero-order chi connectivity index (χ0) is 21.1. The fourth-order valence-corrected chi connectivity index (χ4v) is 3.50. The Morgan fingerprint density at radius 1 is 1.14 bits per heavy atom. The van der Waals surface area contributed by atoms with Crippen molar-refractivity contribution in [2.45, 2.75) is 24.9 Å². The molecule has 0 aliphatic rings. The van der Waals surface area contributed by atoms with Crippen molar-refractivity contribution in [2.24, 2.45) is 0 Å². The summed E-state index contributed by atoms with van der Waals surface area (Å²) >= 11 is 0. The van der Waals surface area contributed by atoms with Crippen LogP contribution in [0.3, 0.4) is 0 Å². The van der Waals surface area contributed by atoms with Gasteiger partial charge >= 0.3 is 12.1 Å². The van der Waals surface area contributed by atoms with Gasteiger partial charge in [-0.05, 0) is 61.4 Å². The predicted octanol–water partition coefficient (Wildman–Crippen LogP) is 3.38. The molecule has 0 bridgehead atoms. The number of carbonyl (C=O) groups is 1. The van der Waals surface area contributed by atoms with Crippen molar-refractivity contribution in [1.82, 2.24) is 4.72 Å². The van der Waals surface area contributed by atoms with Crippen molar-refractivity contribution in [1.29, 1.82) is 0 Å². The molecular weight excluding hydrogens is 399 g/mol. The van der Waals surface area contributed by atoms with Crippen LogP contribution < -0.4 is 9.46 Å². The molecule has 2 aromatic carbocycles. The Morgan fingerprint density at radius 2 is 1.75 bits per heavy atom. The number of nitrogens with one attached hydrogen (secondary N) is 1. The minimum absolute atomic E-state index is 0.110. The van der Waals surface area contributed by atoms with Gasteiger partial charge in [0, 0.05) is 6.54 Å².